The van der Waals surface area contributed by atoms with E-state index in [0.29, 0.717) is 29.9 Å². The van der Waals surface area contributed by atoms with Gasteiger partial charge in [0, 0.05) is 43.5 Å². The molecule has 1 aromatic carbocycles. The Morgan fingerprint density at radius 1 is 1.31 bits per heavy atom. The summed E-state index contributed by atoms with van der Waals surface area (Å²) >= 11 is 0. The van der Waals surface area contributed by atoms with E-state index < -0.39 is 0 Å². The van der Waals surface area contributed by atoms with Gasteiger partial charge in [0.1, 0.15) is 11.6 Å². The molecule has 152 valence electrons. The third-order valence-corrected chi connectivity index (χ3v) is 4.82. The molecule has 1 amide bonds. The van der Waals surface area contributed by atoms with Gasteiger partial charge in [-0.3, -0.25) is 4.79 Å². The fourth-order valence-corrected chi connectivity index (χ4v) is 3.20. The maximum atomic E-state index is 12.3. The minimum absolute atomic E-state index is 0.126. The normalized spacial score (nSPS) is 16.1. The Kier molecular flexibility index (Phi) is 5.85. The molecule has 1 aliphatic rings. The van der Waals surface area contributed by atoms with Crippen LogP contribution in [0, 0.1) is 5.92 Å². The molecular formula is C20H23N5O4. The zero-order valence-electron chi connectivity index (χ0n) is 16.2. The lowest BCUT2D eigenvalue weighted by Gasteiger charge is -2.12. The maximum absolute atomic E-state index is 12.3. The van der Waals surface area contributed by atoms with Crippen molar-refractivity contribution < 1.29 is 18.8 Å². The average Bonchev–Trinajstić information content (AvgIpc) is 3.50. The van der Waals surface area contributed by atoms with E-state index in [1.54, 1.807) is 19.4 Å². The number of ether oxygens (including phenoxy) is 2. The van der Waals surface area contributed by atoms with Crippen molar-refractivity contribution in [3.05, 3.63) is 42.4 Å². The van der Waals surface area contributed by atoms with Crippen molar-refractivity contribution in [3.8, 4) is 17.1 Å². The summed E-state index contributed by atoms with van der Waals surface area (Å²) in [6, 6.07) is 9.18. The van der Waals surface area contributed by atoms with Gasteiger partial charge >= 0.3 is 0 Å². The van der Waals surface area contributed by atoms with Crippen molar-refractivity contribution in [3.63, 3.8) is 0 Å². The third-order valence-electron chi connectivity index (χ3n) is 4.82. The predicted molar refractivity (Wildman–Crippen MR) is 104 cm³/mol. The van der Waals surface area contributed by atoms with E-state index in [1.807, 2.05) is 28.9 Å². The quantitative estimate of drug-likeness (QED) is 0.623. The van der Waals surface area contributed by atoms with E-state index in [0.717, 1.165) is 37.5 Å². The molecule has 9 nitrogen and oxygen atoms in total. The Morgan fingerprint density at radius 2 is 2.17 bits per heavy atom. The number of nitrogens with one attached hydrogen (secondary N) is 1. The molecular weight excluding hydrogens is 374 g/mol. The maximum Gasteiger partial charge on any atom is 0.227 e. The number of aryl methyl sites for hydroxylation is 1. The molecule has 0 bridgehead atoms. The molecule has 4 rings (SSSR count). The predicted octanol–water partition coefficient (Wildman–Crippen LogP) is 2.55. The molecule has 2 aromatic heterocycles. The molecule has 1 atom stereocenters. The van der Waals surface area contributed by atoms with Gasteiger partial charge in [-0.05, 0) is 30.7 Å². The highest BCUT2D eigenvalue weighted by Crippen LogP contribution is 2.20. The van der Waals surface area contributed by atoms with Crippen LogP contribution in [0.2, 0.25) is 0 Å². The van der Waals surface area contributed by atoms with E-state index in [2.05, 4.69) is 20.6 Å². The number of benzene rings is 1. The van der Waals surface area contributed by atoms with Gasteiger partial charge in [0.25, 0.3) is 0 Å². The Bertz CT molecular complexity index is 944. The molecule has 0 radical (unpaired) electrons. The van der Waals surface area contributed by atoms with Crippen LogP contribution in [0.4, 0.5) is 5.82 Å². The Balaban J connectivity index is 1.30. The number of aromatic nitrogens is 4. The molecule has 0 spiro atoms. The fourth-order valence-electron chi connectivity index (χ4n) is 3.20. The first-order chi connectivity index (χ1) is 14.2. The summed E-state index contributed by atoms with van der Waals surface area (Å²) in [5.41, 5.74) is 0.824. The lowest BCUT2D eigenvalue weighted by molar-refractivity contribution is -0.116. The molecule has 1 fully saturated rings. The van der Waals surface area contributed by atoms with Crippen LogP contribution >= 0.6 is 0 Å². The summed E-state index contributed by atoms with van der Waals surface area (Å²) in [6.45, 7) is 2.26. The first-order valence-corrected chi connectivity index (χ1v) is 9.57. The summed E-state index contributed by atoms with van der Waals surface area (Å²) in [5.74, 6) is 2.65. The number of nitrogens with zero attached hydrogens (tertiary/aromatic N) is 4. The summed E-state index contributed by atoms with van der Waals surface area (Å²) in [7, 11) is 1.61. The number of anilines is 1. The van der Waals surface area contributed by atoms with E-state index >= 15 is 0 Å². The Hall–Kier alpha value is -3.20. The zero-order valence-corrected chi connectivity index (χ0v) is 16.2. The molecule has 1 saturated heterocycles. The van der Waals surface area contributed by atoms with Crippen LogP contribution in [-0.2, 0) is 22.5 Å². The Morgan fingerprint density at radius 3 is 2.93 bits per heavy atom. The standard InChI is InChI=1S/C20H23N5O4/c1-27-16-4-2-15(3-5-16)20-23-19(29-24-20)7-6-18(26)22-17-8-10-21-25(17)12-14-9-11-28-13-14/h2-5,8,10,14H,6-7,9,11-13H2,1H3,(H,22,26). The summed E-state index contributed by atoms with van der Waals surface area (Å²) < 4.78 is 17.6. The van der Waals surface area contributed by atoms with Crippen molar-refractivity contribution in [2.45, 2.75) is 25.8 Å². The second-order valence-corrected chi connectivity index (χ2v) is 6.92. The smallest absolute Gasteiger partial charge is 0.227 e. The molecule has 0 aliphatic carbocycles. The van der Waals surface area contributed by atoms with Crippen LogP contribution in [0.3, 0.4) is 0 Å². The van der Waals surface area contributed by atoms with Gasteiger partial charge in [-0.1, -0.05) is 5.16 Å². The van der Waals surface area contributed by atoms with Crippen molar-refractivity contribution in [2.24, 2.45) is 5.92 Å². The second-order valence-electron chi connectivity index (χ2n) is 6.92. The SMILES string of the molecule is COc1ccc(-c2noc(CCC(=O)Nc3ccnn3CC3CCOC3)n2)cc1. The zero-order chi connectivity index (χ0) is 20.1. The summed E-state index contributed by atoms with van der Waals surface area (Å²) in [4.78, 5) is 16.7. The number of methoxy groups -OCH3 is 1. The van der Waals surface area contributed by atoms with Crippen molar-refractivity contribution in [1.29, 1.82) is 0 Å². The van der Waals surface area contributed by atoms with E-state index in [4.69, 9.17) is 14.0 Å². The number of carbonyl (C=O) groups excluding carboxylic acids is 1. The van der Waals surface area contributed by atoms with Gasteiger partial charge in [-0.2, -0.15) is 10.1 Å². The van der Waals surface area contributed by atoms with Crippen LogP contribution in [-0.4, -0.2) is 46.2 Å². The van der Waals surface area contributed by atoms with Crippen molar-refractivity contribution in [2.75, 3.05) is 25.6 Å². The molecule has 1 unspecified atom stereocenters. The van der Waals surface area contributed by atoms with Gasteiger partial charge < -0.3 is 19.3 Å². The average molecular weight is 397 g/mol. The first-order valence-electron chi connectivity index (χ1n) is 9.57. The Labute approximate surface area is 168 Å². The van der Waals surface area contributed by atoms with Crippen LogP contribution in [0.25, 0.3) is 11.4 Å². The molecule has 9 heteroatoms. The third kappa shape index (κ3) is 4.80. The number of amides is 1. The van der Waals surface area contributed by atoms with E-state index in [9.17, 15) is 4.79 Å². The van der Waals surface area contributed by atoms with Crippen LogP contribution < -0.4 is 10.1 Å². The van der Waals surface area contributed by atoms with Gasteiger partial charge in [-0.25, -0.2) is 4.68 Å². The lowest BCUT2D eigenvalue weighted by atomic mass is 10.1. The molecule has 3 heterocycles. The number of rotatable bonds is 8. The number of carbonyl (C=O) groups is 1. The van der Waals surface area contributed by atoms with Crippen LogP contribution in [0.5, 0.6) is 5.75 Å². The highest BCUT2D eigenvalue weighted by molar-refractivity contribution is 5.89. The monoisotopic (exact) mass is 397 g/mol. The van der Waals surface area contributed by atoms with Gasteiger partial charge in [0.2, 0.25) is 17.6 Å². The van der Waals surface area contributed by atoms with Gasteiger partial charge in [0.15, 0.2) is 0 Å². The molecule has 0 saturated carbocycles. The molecule has 29 heavy (non-hydrogen) atoms. The highest BCUT2D eigenvalue weighted by Gasteiger charge is 2.18. The number of hydrogen-bond acceptors (Lipinski definition) is 7. The van der Waals surface area contributed by atoms with Crippen molar-refractivity contribution in [1.82, 2.24) is 19.9 Å². The molecule has 1 aliphatic heterocycles. The van der Waals surface area contributed by atoms with E-state index in [1.165, 1.54) is 0 Å². The van der Waals surface area contributed by atoms with Gasteiger partial charge in [0.05, 0.1) is 19.9 Å². The fraction of sp³-hybridized carbons (Fsp3) is 0.400. The summed E-state index contributed by atoms with van der Waals surface area (Å²) in [6.07, 6.45) is 3.30. The van der Waals surface area contributed by atoms with E-state index in [-0.39, 0.29) is 12.3 Å². The largest absolute Gasteiger partial charge is 0.497 e. The molecule has 1 N–H and O–H groups in total. The van der Waals surface area contributed by atoms with Crippen molar-refractivity contribution >= 4 is 11.7 Å². The minimum atomic E-state index is -0.126. The lowest BCUT2D eigenvalue weighted by Crippen LogP contribution is -2.19. The molecule has 3 aromatic rings. The number of hydrogen-bond donors (Lipinski definition) is 1. The second kappa shape index (κ2) is 8.87. The van der Waals surface area contributed by atoms with Crippen LogP contribution in [0.15, 0.2) is 41.1 Å². The van der Waals surface area contributed by atoms with Gasteiger partial charge in [-0.15, -0.1) is 0 Å². The highest BCUT2D eigenvalue weighted by atomic mass is 16.5. The van der Waals surface area contributed by atoms with Crippen LogP contribution in [0.1, 0.15) is 18.7 Å². The first kappa shape index (κ1) is 19.1. The topological polar surface area (TPSA) is 104 Å². The minimum Gasteiger partial charge on any atom is -0.497 e. The summed E-state index contributed by atoms with van der Waals surface area (Å²) in [5, 5.41) is 11.2.